The van der Waals surface area contributed by atoms with E-state index in [0.717, 1.165) is 43.9 Å². The van der Waals surface area contributed by atoms with Gasteiger partial charge in [-0.1, -0.05) is 37.3 Å². The molecule has 0 spiro atoms. The Balaban J connectivity index is 1.34. The lowest BCUT2D eigenvalue weighted by atomic mass is 9.80. The number of anilines is 1. The van der Waals surface area contributed by atoms with Crippen LogP contribution in [-0.4, -0.2) is 43.0 Å². The van der Waals surface area contributed by atoms with E-state index in [2.05, 4.69) is 70.2 Å². The molecule has 2 fully saturated rings. The van der Waals surface area contributed by atoms with Crippen LogP contribution in [0.25, 0.3) is 0 Å². The zero-order valence-electron chi connectivity index (χ0n) is 17.7. The molecule has 2 aromatic rings. The molecule has 0 saturated carbocycles. The molecule has 0 aliphatic carbocycles. The lowest BCUT2D eigenvalue weighted by Gasteiger charge is -2.37. The maximum absolute atomic E-state index is 12.9. The largest absolute Gasteiger partial charge is 0.378 e. The molecule has 1 amide bonds. The molecule has 3 heterocycles. The topological polar surface area (TPSA) is 56.4 Å². The number of likely N-dealkylation sites (tertiary alicyclic amines) is 1. The van der Waals surface area contributed by atoms with Crippen molar-refractivity contribution in [2.45, 2.75) is 44.3 Å². The summed E-state index contributed by atoms with van der Waals surface area (Å²) >= 11 is 0. The standard InChI is InChI=1S/C25H32N4O/c1-2-29-14-6-9-19(29)16-27-25(30)18-10-11-22-21(15-18)24-20(12-13-26-24)23(28-22)17-7-4-3-5-8-17/h3-5,7-8,10-11,15,19-20,23-24,26,28H,2,6,9,12-14,16H2,1H3,(H,27,30). The Morgan fingerprint density at radius 2 is 2.00 bits per heavy atom. The van der Waals surface area contributed by atoms with E-state index in [1.807, 2.05) is 6.07 Å². The molecule has 2 saturated heterocycles. The summed E-state index contributed by atoms with van der Waals surface area (Å²) in [5, 5.41) is 10.6. The van der Waals surface area contributed by atoms with Crippen molar-refractivity contribution >= 4 is 11.6 Å². The molecular weight excluding hydrogens is 372 g/mol. The molecule has 4 atom stereocenters. The number of amides is 1. The number of carbonyl (C=O) groups is 1. The molecular formula is C25H32N4O. The number of nitrogens with zero attached hydrogens (tertiary/aromatic N) is 1. The number of likely N-dealkylation sites (N-methyl/N-ethyl adjacent to an activating group) is 1. The maximum Gasteiger partial charge on any atom is 0.251 e. The molecule has 0 bridgehead atoms. The van der Waals surface area contributed by atoms with Crippen molar-refractivity contribution in [3.8, 4) is 0 Å². The van der Waals surface area contributed by atoms with Gasteiger partial charge in [-0.2, -0.15) is 0 Å². The number of hydrogen-bond acceptors (Lipinski definition) is 4. The first-order valence-corrected chi connectivity index (χ1v) is 11.5. The highest BCUT2D eigenvalue weighted by molar-refractivity contribution is 5.95. The van der Waals surface area contributed by atoms with Crippen LogP contribution in [0.4, 0.5) is 5.69 Å². The van der Waals surface area contributed by atoms with Gasteiger partial charge in [0.2, 0.25) is 0 Å². The van der Waals surface area contributed by atoms with Gasteiger partial charge in [0.15, 0.2) is 0 Å². The van der Waals surface area contributed by atoms with E-state index in [-0.39, 0.29) is 5.91 Å². The summed E-state index contributed by atoms with van der Waals surface area (Å²) < 4.78 is 0. The fourth-order valence-electron chi connectivity index (χ4n) is 5.64. The van der Waals surface area contributed by atoms with Crippen molar-refractivity contribution in [3.63, 3.8) is 0 Å². The van der Waals surface area contributed by atoms with Gasteiger partial charge in [0, 0.05) is 35.8 Å². The van der Waals surface area contributed by atoms with E-state index in [0.29, 0.717) is 24.0 Å². The van der Waals surface area contributed by atoms with Crippen LogP contribution in [0.2, 0.25) is 0 Å². The first-order chi connectivity index (χ1) is 14.7. The summed E-state index contributed by atoms with van der Waals surface area (Å²) in [4.78, 5) is 15.4. The molecule has 158 valence electrons. The molecule has 30 heavy (non-hydrogen) atoms. The Morgan fingerprint density at radius 3 is 2.83 bits per heavy atom. The molecule has 3 N–H and O–H groups in total. The number of carbonyl (C=O) groups excluding carboxylic acids is 1. The predicted octanol–water partition coefficient (Wildman–Crippen LogP) is 3.72. The van der Waals surface area contributed by atoms with Gasteiger partial charge in [-0.15, -0.1) is 0 Å². The van der Waals surface area contributed by atoms with Crippen molar-refractivity contribution in [3.05, 3.63) is 65.2 Å². The molecule has 5 heteroatoms. The summed E-state index contributed by atoms with van der Waals surface area (Å²) in [5.74, 6) is 0.537. The SMILES string of the molecule is CCN1CCCC1CNC(=O)c1ccc2c(c1)C1NCCC1C(c1ccccc1)N2. The average Bonchev–Trinajstić information content (AvgIpc) is 3.46. The third kappa shape index (κ3) is 3.61. The van der Waals surface area contributed by atoms with Gasteiger partial charge in [0.1, 0.15) is 0 Å². The highest BCUT2D eigenvalue weighted by atomic mass is 16.1. The summed E-state index contributed by atoms with van der Waals surface area (Å²) in [6, 6.07) is 17.9. The first kappa shape index (κ1) is 19.6. The van der Waals surface area contributed by atoms with Crippen LogP contribution in [0.5, 0.6) is 0 Å². The number of nitrogens with one attached hydrogen (secondary N) is 3. The first-order valence-electron chi connectivity index (χ1n) is 11.5. The zero-order valence-corrected chi connectivity index (χ0v) is 17.7. The van der Waals surface area contributed by atoms with E-state index in [1.165, 1.54) is 24.0 Å². The number of rotatable bonds is 5. The van der Waals surface area contributed by atoms with Crippen LogP contribution < -0.4 is 16.0 Å². The van der Waals surface area contributed by atoms with Crippen molar-refractivity contribution in [2.75, 3.05) is 31.5 Å². The lowest BCUT2D eigenvalue weighted by molar-refractivity contribution is 0.0941. The van der Waals surface area contributed by atoms with Crippen molar-refractivity contribution in [2.24, 2.45) is 5.92 Å². The van der Waals surface area contributed by atoms with E-state index < -0.39 is 0 Å². The van der Waals surface area contributed by atoms with Crippen LogP contribution in [-0.2, 0) is 0 Å². The Hall–Kier alpha value is -2.37. The maximum atomic E-state index is 12.9. The van der Waals surface area contributed by atoms with Crippen molar-refractivity contribution in [1.29, 1.82) is 0 Å². The fraction of sp³-hybridized carbons (Fsp3) is 0.480. The monoisotopic (exact) mass is 404 g/mol. The lowest BCUT2D eigenvalue weighted by Crippen LogP contribution is -2.40. The Bertz CT molecular complexity index is 899. The molecule has 2 aromatic carbocycles. The van der Waals surface area contributed by atoms with Crippen LogP contribution in [0.1, 0.15) is 59.8 Å². The van der Waals surface area contributed by atoms with Crippen molar-refractivity contribution < 1.29 is 4.79 Å². The van der Waals surface area contributed by atoms with Gasteiger partial charge in [-0.05, 0) is 68.2 Å². The molecule has 5 rings (SSSR count). The Morgan fingerprint density at radius 1 is 1.13 bits per heavy atom. The number of fused-ring (bicyclic) bond motifs is 3. The zero-order chi connectivity index (χ0) is 20.5. The minimum Gasteiger partial charge on any atom is -0.378 e. The Kier molecular flexibility index (Phi) is 5.48. The molecule has 5 nitrogen and oxygen atoms in total. The highest BCUT2D eigenvalue weighted by Crippen LogP contribution is 2.47. The smallest absolute Gasteiger partial charge is 0.251 e. The summed E-state index contributed by atoms with van der Waals surface area (Å²) in [7, 11) is 0. The average molecular weight is 405 g/mol. The number of hydrogen-bond donors (Lipinski definition) is 3. The second kappa shape index (κ2) is 8.40. The fourth-order valence-corrected chi connectivity index (χ4v) is 5.64. The normalized spacial score (nSPS) is 27.9. The van der Waals surface area contributed by atoms with Crippen LogP contribution in [0, 0.1) is 5.92 Å². The molecule has 0 radical (unpaired) electrons. The van der Waals surface area contributed by atoms with E-state index in [1.54, 1.807) is 0 Å². The van der Waals surface area contributed by atoms with Crippen molar-refractivity contribution in [1.82, 2.24) is 15.5 Å². The second-order valence-corrected chi connectivity index (χ2v) is 8.85. The molecule has 3 aliphatic heterocycles. The Labute approximate surface area is 179 Å². The molecule has 3 aliphatic rings. The van der Waals surface area contributed by atoms with Gasteiger partial charge >= 0.3 is 0 Å². The van der Waals surface area contributed by atoms with Gasteiger partial charge in [0.25, 0.3) is 5.91 Å². The van der Waals surface area contributed by atoms with Crippen LogP contribution in [0.3, 0.4) is 0 Å². The minimum atomic E-state index is 0.0421. The van der Waals surface area contributed by atoms with Gasteiger partial charge in [-0.3, -0.25) is 9.69 Å². The quantitative estimate of drug-likeness (QED) is 0.711. The summed E-state index contributed by atoms with van der Waals surface area (Å²) in [6.45, 7) is 6.17. The van der Waals surface area contributed by atoms with Crippen LogP contribution in [0.15, 0.2) is 48.5 Å². The summed E-state index contributed by atoms with van der Waals surface area (Å²) in [5.41, 5.74) is 4.47. The van der Waals surface area contributed by atoms with E-state index in [9.17, 15) is 4.79 Å². The third-order valence-electron chi connectivity index (χ3n) is 7.22. The second-order valence-electron chi connectivity index (χ2n) is 8.85. The van der Waals surface area contributed by atoms with E-state index in [4.69, 9.17) is 0 Å². The molecule has 4 unspecified atom stereocenters. The van der Waals surface area contributed by atoms with Gasteiger partial charge in [0.05, 0.1) is 6.04 Å². The van der Waals surface area contributed by atoms with Gasteiger partial charge in [-0.25, -0.2) is 0 Å². The summed E-state index contributed by atoms with van der Waals surface area (Å²) in [6.07, 6.45) is 3.55. The van der Waals surface area contributed by atoms with Crippen LogP contribution >= 0.6 is 0 Å². The van der Waals surface area contributed by atoms with Gasteiger partial charge < -0.3 is 16.0 Å². The van der Waals surface area contributed by atoms with E-state index >= 15 is 0 Å². The number of benzene rings is 2. The predicted molar refractivity (Wildman–Crippen MR) is 121 cm³/mol. The third-order valence-corrected chi connectivity index (χ3v) is 7.22. The highest BCUT2D eigenvalue weighted by Gasteiger charge is 2.40. The minimum absolute atomic E-state index is 0.0421. The molecule has 0 aromatic heterocycles.